The molecule has 7 heteroatoms. The summed E-state index contributed by atoms with van der Waals surface area (Å²) >= 11 is 0. The summed E-state index contributed by atoms with van der Waals surface area (Å²) in [6.07, 6.45) is 3.77. The maximum absolute atomic E-state index is 13.4. The molecule has 0 unspecified atom stereocenters. The van der Waals surface area contributed by atoms with E-state index in [1.165, 1.54) is 17.2 Å². The van der Waals surface area contributed by atoms with Crippen molar-refractivity contribution in [2.75, 3.05) is 6.61 Å². The van der Waals surface area contributed by atoms with Gasteiger partial charge < -0.3 is 14.8 Å². The van der Waals surface area contributed by atoms with Crippen LogP contribution in [0.15, 0.2) is 65.5 Å². The van der Waals surface area contributed by atoms with Crippen molar-refractivity contribution >= 4 is 5.91 Å². The van der Waals surface area contributed by atoms with Crippen molar-refractivity contribution < 1.29 is 14.3 Å². The van der Waals surface area contributed by atoms with E-state index in [1.54, 1.807) is 6.92 Å². The smallest absolute Gasteiger partial charge is 0.351 e. The molecule has 0 bridgehead atoms. The minimum Gasteiger partial charge on any atom is -0.481 e. The van der Waals surface area contributed by atoms with E-state index in [2.05, 4.69) is 34.6 Å². The molecular weight excluding hydrogens is 430 g/mol. The number of hydrogen-bond acceptors (Lipinski definition) is 5. The third-order valence-electron chi connectivity index (χ3n) is 6.28. The van der Waals surface area contributed by atoms with Crippen LogP contribution >= 0.6 is 0 Å². The van der Waals surface area contributed by atoms with E-state index in [-0.39, 0.29) is 35.9 Å². The van der Waals surface area contributed by atoms with Crippen LogP contribution in [0.5, 0.6) is 11.6 Å². The van der Waals surface area contributed by atoms with Gasteiger partial charge in [0.1, 0.15) is 6.61 Å². The first kappa shape index (κ1) is 23.5. The fourth-order valence-corrected chi connectivity index (χ4v) is 4.46. The predicted octanol–water partition coefficient (Wildman–Crippen LogP) is 4.21. The summed E-state index contributed by atoms with van der Waals surface area (Å²) in [5.41, 5.74) is 1.85. The highest BCUT2D eigenvalue weighted by Gasteiger charge is 2.28. The summed E-state index contributed by atoms with van der Waals surface area (Å²) in [7, 11) is 1.53. The van der Waals surface area contributed by atoms with Gasteiger partial charge in [0.25, 0.3) is 11.8 Å². The monoisotopic (exact) mass is 461 g/mol. The number of carbonyl (C=O) groups is 1. The van der Waals surface area contributed by atoms with Gasteiger partial charge in [-0.2, -0.15) is 4.98 Å². The SMILES string of the molecule is CCOc1nc(=O)n(C)c(C(=O)N[C@H]2CC[C@@H](c3ccccc3)CC2)c1OCc1ccccc1. The number of rotatable bonds is 8. The molecule has 1 amide bonds. The zero-order valence-electron chi connectivity index (χ0n) is 19.7. The maximum Gasteiger partial charge on any atom is 0.351 e. The van der Waals surface area contributed by atoms with Gasteiger partial charge in [-0.25, -0.2) is 4.79 Å². The number of ether oxygens (including phenoxy) is 2. The van der Waals surface area contributed by atoms with E-state index in [4.69, 9.17) is 9.47 Å². The van der Waals surface area contributed by atoms with Crippen LogP contribution in [0.3, 0.4) is 0 Å². The molecule has 1 aromatic heterocycles. The van der Waals surface area contributed by atoms with Crippen molar-refractivity contribution in [2.24, 2.45) is 7.05 Å². The molecule has 178 valence electrons. The lowest BCUT2D eigenvalue weighted by atomic mass is 9.82. The quantitative estimate of drug-likeness (QED) is 0.543. The zero-order chi connectivity index (χ0) is 23.9. The van der Waals surface area contributed by atoms with Gasteiger partial charge in [0.2, 0.25) is 5.75 Å². The van der Waals surface area contributed by atoms with E-state index in [9.17, 15) is 9.59 Å². The number of benzene rings is 2. The molecule has 1 heterocycles. The lowest BCUT2D eigenvalue weighted by Gasteiger charge is -2.29. The highest BCUT2D eigenvalue weighted by Crippen LogP contribution is 2.33. The van der Waals surface area contributed by atoms with Gasteiger partial charge in [-0.3, -0.25) is 9.36 Å². The number of aromatic nitrogens is 2. The molecule has 34 heavy (non-hydrogen) atoms. The van der Waals surface area contributed by atoms with Gasteiger partial charge in [-0.05, 0) is 49.7 Å². The highest BCUT2D eigenvalue weighted by atomic mass is 16.5. The molecule has 0 spiro atoms. The summed E-state index contributed by atoms with van der Waals surface area (Å²) in [5, 5.41) is 3.12. The average Bonchev–Trinajstić information content (AvgIpc) is 2.87. The maximum atomic E-state index is 13.4. The highest BCUT2D eigenvalue weighted by molar-refractivity contribution is 5.96. The molecule has 0 aliphatic heterocycles. The van der Waals surface area contributed by atoms with Crippen LogP contribution in [-0.4, -0.2) is 28.1 Å². The number of hydrogen-bond donors (Lipinski definition) is 1. The molecule has 0 radical (unpaired) electrons. The van der Waals surface area contributed by atoms with E-state index >= 15 is 0 Å². The molecular formula is C27H31N3O4. The standard InChI is InChI=1S/C27H31N3O4/c1-3-33-26-24(34-18-19-10-6-4-7-11-19)23(30(2)27(32)29-26)25(31)28-22-16-14-21(15-17-22)20-12-8-5-9-13-20/h4-13,21-22H,3,14-18H2,1-2H3,(H,28,31)/t21-,22+. The molecule has 1 aliphatic carbocycles. The minimum atomic E-state index is -0.562. The van der Waals surface area contributed by atoms with Gasteiger partial charge in [0.05, 0.1) is 6.61 Å². The molecule has 2 aromatic carbocycles. The molecule has 7 nitrogen and oxygen atoms in total. The van der Waals surface area contributed by atoms with E-state index in [0.717, 1.165) is 31.2 Å². The summed E-state index contributed by atoms with van der Waals surface area (Å²) in [6.45, 7) is 2.32. The Kier molecular flexibility index (Phi) is 7.62. The Labute approximate surface area is 199 Å². The molecule has 1 N–H and O–H groups in total. The zero-order valence-corrected chi connectivity index (χ0v) is 19.7. The Balaban J connectivity index is 1.52. The van der Waals surface area contributed by atoms with Crippen LogP contribution in [0.2, 0.25) is 0 Å². The Morgan fingerprint density at radius 1 is 1.00 bits per heavy atom. The largest absolute Gasteiger partial charge is 0.481 e. The second-order valence-corrected chi connectivity index (χ2v) is 8.58. The first-order chi connectivity index (χ1) is 16.6. The van der Waals surface area contributed by atoms with Crippen LogP contribution < -0.4 is 20.5 Å². The third-order valence-corrected chi connectivity index (χ3v) is 6.28. The summed E-state index contributed by atoms with van der Waals surface area (Å²) < 4.78 is 12.8. The second-order valence-electron chi connectivity index (χ2n) is 8.58. The molecule has 1 aliphatic rings. The second kappa shape index (κ2) is 11.0. The third kappa shape index (κ3) is 5.47. The van der Waals surface area contributed by atoms with Crippen LogP contribution in [0.4, 0.5) is 0 Å². The summed E-state index contributed by atoms with van der Waals surface area (Å²) in [6, 6.07) is 20.2. The molecule has 1 saturated carbocycles. The Morgan fingerprint density at radius 2 is 1.65 bits per heavy atom. The van der Waals surface area contributed by atoms with Crippen LogP contribution in [-0.2, 0) is 13.7 Å². The fraction of sp³-hybridized carbons (Fsp3) is 0.370. The van der Waals surface area contributed by atoms with Crippen molar-refractivity contribution in [3.63, 3.8) is 0 Å². The van der Waals surface area contributed by atoms with E-state index in [1.807, 2.05) is 36.4 Å². The summed E-state index contributed by atoms with van der Waals surface area (Å²) in [5.74, 6) is 0.380. The van der Waals surface area contributed by atoms with Gasteiger partial charge in [-0.1, -0.05) is 60.7 Å². The lowest BCUT2D eigenvalue weighted by molar-refractivity contribution is 0.0908. The minimum absolute atomic E-state index is 0.0354. The van der Waals surface area contributed by atoms with Gasteiger partial charge in [-0.15, -0.1) is 0 Å². The topological polar surface area (TPSA) is 82.5 Å². The Bertz CT molecular complexity index is 1150. The van der Waals surface area contributed by atoms with Crippen molar-refractivity contribution in [2.45, 2.75) is 51.2 Å². The van der Waals surface area contributed by atoms with E-state index < -0.39 is 5.69 Å². The lowest BCUT2D eigenvalue weighted by Crippen LogP contribution is -2.40. The molecule has 0 atom stereocenters. The van der Waals surface area contributed by atoms with Gasteiger partial charge in [0.15, 0.2) is 5.69 Å². The van der Waals surface area contributed by atoms with Crippen molar-refractivity contribution in [1.82, 2.24) is 14.9 Å². The number of carbonyl (C=O) groups excluding carboxylic acids is 1. The van der Waals surface area contributed by atoms with Crippen molar-refractivity contribution in [1.29, 1.82) is 0 Å². The van der Waals surface area contributed by atoms with Gasteiger partial charge in [0, 0.05) is 13.1 Å². The van der Waals surface area contributed by atoms with Crippen molar-refractivity contribution in [3.05, 3.63) is 88.0 Å². The van der Waals surface area contributed by atoms with Crippen LogP contribution in [0, 0.1) is 0 Å². The normalized spacial score (nSPS) is 17.7. The Hall–Kier alpha value is -3.61. The van der Waals surface area contributed by atoms with Crippen LogP contribution in [0.1, 0.15) is 60.1 Å². The van der Waals surface area contributed by atoms with E-state index in [0.29, 0.717) is 12.5 Å². The van der Waals surface area contributed by atoms with Crippen molar-refractivity contribution in [3.8, 4) is 11.6 Å². The number of amides is 1. The number of nitrogens with one attached hydrogen (secondary N) is 1. The van der Waals surface area contributed by atoms with Gasteiger partial charge >= 0.3 is 5.69 Å². The first-order valence-electron chi connectivity index (χ1n) is 11.8. The van der Waals surface area contributed by atoms with Crippen LogP contribution in [0.25, 0.3) is 0 Å². The molecule has 1 fully saturated rings. The molecule has 3 aromatic rings. The average molecular weight is 462 g/mol. The Morgan fingerprint density at radius 3 is 2.29 bits per heavy atom. The number of nitrogens with zero attached hydrogens (tertiary/aromatic N) is 2. The molecule has 4 rings (SSSR count). The predicted molar refractivity (Wildman–Crippen MR) is 130 cm³/mol. The fourth-order valence-electron chi connectivity index (χ4n) is 4.46. The first-order valence-corrected chi connectivity index (χ1v) is 11.8. The summed E-state index contributed by atoms with van der Waals surface area (Å²) in [4.78, 5) is 29.9. The molecule has 0 saturated heterocycles.